The average Bonchev–Trinajstić information content (AvgIpc) is 2.91. The second-order valence-electron chi connectivity index (χ2n) is 5.60. The first kappa shape index (κ1) is 14.1. The maximum atomic E-state index is 10.6. The van der Waals surface area contributed by atoms with E-state index in [1.165, 1.54) is 31.2 Å². The third-order valence-electron chi connectivity index (χ3n) is 4.11. The Morgan fingerprint density at radius 1 is 1.26 bits per heavy atom. The van der Waals surface area contributed by atoms with Gasteiger partial charge in [0.2, 0.25) is 0 Å². The molecule has 0 heterocycles. The molecule has 0 bridgehead atoms. The average molecular weight is 261 g/mol. The molecule has 104 valence electrons. The van der Waals surface area contributed by atoms with Crippen molar-refractivity contribution in [3.8, 4) is 0 Å². The van der Waals surface area contributed by atoms with E-state index in [0.717, 1.165) is 18.0 Å². The lowest BCUT2D eigenvalue weighted by molar-refractivity contribution is -0.136. The van der Waals surface area contributed by atoms with E-state index >= 15 is 0 Å². The first-order valence-electron chi connectivity index (χ1n) is 7.18. The zero-order valence-electron chi connectivity index (χ0n) is 11.6. The van der Waals surface area contributed by atoms with Gasteiger partial charge in [-0.05, 0) is 36.8 Å². The fourth-order valence-electron chi connectivity index (χ4n) is 2.85. The lowest BCUT2D eigenvalue weighted by Gasteiger charge is -2.20. The number of hydrogen-bond acceptors (Lipinski definition) is 2. The van der Waals surface area contributed by atoms with Crippen molar-refractivity contribution in [3.63, 3.8) is 0 Å². The Hall–Kier alpha value is -1.35. The normalized spacial score (nSPS) is 17.5. The summed E-state index contributed by atoms with van der Waals surface area (Å²) in [5.41, 5.74) is 2.08. The lowest BCUT2D eigenvalue weighted by atomic mass is 9.99. The van der Waals surface area contributed by atoms with Gasteiger partial charge in [-0.1, -0.05) is 37.1 Å². The van der Waals surface area contributed by atoms with Gasteiger partial charge in [0.15, 0.2) is 0 Å². The van der Waals surface area contributed by atoms with Crippen molar-refractivity contribution in [2.75, 3.05) is 0 Å². The van der Waals surface area contributed by atoms with Crippen LogP contribution in [0.1, 0.15) is 43.7 Å². The van der Waals surface area contributed by atoms with E-state index in [2.05, 4.69) is 12.2 Å². The Morgan fingerprint density at radius 3 is 2.42 bits per heavy atom. The Kier molecular flexibility index (Phi) is 4.97. The Morgan fingerprint density at radius 2 is 1.84 bits per heavy atom. The standard InChI is InChI=1S/C16H23NO2/c1-12(15-4-2-3-5-15)17-11-14-8-6-13(7-9-14)10-16(18)19/h6-9,12,15,17H,2-5,10-11H2,1H3,(H,18,19)/t12-/m0/s1. The van der Waals surface area contributed by atoms with Crippen molar-refractivity contribution in [2.24, 2.45) is 5.92 Å². The second-order valence-corrected chi connectivity index (χ2v) is 5.60. The fourth-order valence-corrected chi connectivity index (χ4v) is 2.85. The molecule has 0 unspecified atom stereocenters. The molecule has 3 nitrogen and oxygen atoms in total. The van der Waals surface area contributed by atoms with Gasteiger partial charge < -0.3 is 10.4 Å². The van der Waals surface area contributed by atoms with Gasteiger partial charge in [0.05, 0.1) is 6.42 Å². The van der Waals surface area contributed by atoms with Crippen LogP contribution in [0.2, 0.25) is 0 Å². The van der Waals surface area contributed by atoms with Gasteiger partial charge in [-0.25, -0.2) is 0 Å². The minimum atomic E-state index is -0.777. The van der Waals surface area contributed by atoms with E-state index in [1.54, 1.807) is 0 Å². The largest absolute Gasteiger partial charge is 0.481 e. The van der Waals surface area contributed by atoms with Crippen LogP contribution >= 0.6 is 0 Å². The molecule has 1 aliphatic rings. The van der Waals surface area contributed by atoms with E-state index < -0.39 is 5.97 Å². The van der Waals surface area contributed by atoms with Gasteiger partial charge in [-0.15, -0.1) is 0 Å². The number of nitrogens with one attached hydrogen (secondary N) is 1. The van der Waals surface area contributed by atoms with E-state index in [4.69, 9.17) is 5.11 Å². The molecule has 0 saturated heterocycles. The third kappa shape index (κ3) is 4.35. The van der Waals surface area contributed by atoms with Crippen LogP contribution in [0, 0.1) is 5.92 Å². The number of aliphatic carboxylic acids is 1. The molecule has 0 radical (unpaired) electrons. The van der Waals surface area contributed by atoms with E-state index in [9.17, 15) is 4.79 Å². The van der Waals surface area contributed by atoms with Crippen molar-refractivity contribution in [2.45, 2.75) is 51.6 Å². The van der Waals surface area contributed by atoms with Gasteiger partial charge in [-0.3, -0.25) is 4.79 Å². The quantitative estimate of drug-likeness (QED) is 0.827. The van der Waals surface area contributed by atoms with Crippen LogP contribution in [0.5, 0.6) is 0 Å². The molecule has 1 aromatic carbocycles. The highest BCUT2D eigenvalue weighted by molar-refractivity contribution is 5.70. The zero-order valence-corrected chi connectivity index (χ0v) is 11.6. The third-order valence-corrected chi connectivity index (χ3v) is 4.11. The summed E-state index contributed by atoms with van der Waals surface area (Å²) in [6, 6.07) is 8.43. The van der Waals surface area contributed by atoms with Crippen molar-refractivity contribution in [1.29, 1.82) is 0 Å². The van der Waals surface area contributed by atoms with Gasteiger partial charge in [-0.2, -0.15) is 0 Å². The highest BCUT2D eigenvalue weighted by Crippen LogP contribution is 2.27. The molecule has 0 spiro atoms. The predicted molar refractivity (Wildman–Crippen MR) is 76.0 cm³/mol. The minimum absolute atomic E-state index is 0.103. The summed E-state index contributed by atoms with van der Waals surface area (Å²) in [4.78, 5) is 10.6. The summed E-state index contributed by atoms with van der Waals surface area (Å²) in [6.07, 6.45) is 5.56. The van der Waals surface area contributed by atoms with E-state index in [1.807, 2.05) is 24.3 Å². The number of hydrogen-bond donors (Lipinski definition) is 2. The van der Waals surface area contributed by atoms with Gasteiger partial charge in [0.25, 0.3) is 0 Å². The molecule has 0 aliphatic heterocycles. The number of benzene rings is 1. The maximum Gasteiger partial charge on any atom is 0.307 e. The molecule has 0 aromatic heterocycles. The topological polar surface area (TPSA) is 49.3 Å². The number of carboxylic acid groups (broad SMARTS) is 1. The fraction of sp³-hybridized carbons (Fsp3) is 0.562. The van der Waals surface area contributed by atoms with Crippen LogP contribution in [0.3, 0.4) is 0 Å². The van der Waals surface area contributed by atoms with Crippen LogP contribution in [0.25, 0.3) is 0 Å². The molecule has 0 amide bonds. The summed E-state index contributed by atoms with van der Waals surface area (Å²) < 4.78 is 0. The SMILES string of the molecule is C[C@H](NCc1ccc(CC(=O)O)cc1)C1CCCC1. The molecule has 2 rings (SSSR count). The molecule has 1 aliphatic carbocycles. The van der Waals surface area contributed by atoms with Crippen LogP contribution in [0.15, 0.2) is 24.3 Å². The summed E-state index contributed by atoms with van der Waals surface area (Å²) in [7, 11) is 0. The molecule has 3 heteroatoms. The molecular formula is C16H23NO2. The van der Waals surface area contributed by atoms with Crippen molar-refractivity contribution in [1.82, 2.24) is 5.32 Å². The first-order valence-corrected chi connectivity index (χ1v) is 7.18. The van der Waals surface area contributed by atoms with Crippen molar-refractivity contribution < 1.29 is 9.90 Å². The first-order chi connectivity index (χ1) is 9.15. The van der Waals surface area contributed by atoms with Crippen LogP contribution in [-0.2, 0) is 17.8 Å². The number of carboxylic acids is 1. The van der Waals surface area contributed by atoms with Gasteiger partial charge >= 0.3 is 5.97 Å². The monoisotopic (exact) mass is 261 g/mol. The second kappa shape index (κ2) is 6.71. The molecule has 1 saturated carbocycles. The Balaban J connectivity index is 1.80. The number of rotatable bonds is 6. The molecule has 1 atom stereocenters. The maximum absolute atomic E-state index is 10.6. The smallest absolute Gasteiger partial charge is 0.307 e. The number of carbonyl (C=O) groups is 1. The van der Waals surface area contributed by atoms with Gasteiger partial charge in [0.1, 0.15) is 0 Å². The molecule has 2 N–H and O–H groups in total. The summed E-state index contributed by atoms with van der Waals surface area (Å²) >= 11 is 0. The highest BCUT2D eigenvalue weighted by Gasteiger charge is 2.20. The van der Waals surface area contributed by atoms with Crippen LogP contribution < -0.4 is 5.32 Å². The minimum Gasteiger partial charge on any atom is -0.481 e. The Labute approximate surface area is 115 Å². The van der Waals surface area contributed by atoms with Crippen molar-refractivity contribution in [3.05, 3.63) is 35.4 Å². The zero-order chi connectivity index (χ0) is 13.7. The predicted octanol–water partition coefficient (Wildman–Crippen LogP) is 2.98. The van der Waals surface area contributed by atoms with E-state index in [-0.39, 0.29) is 6.42 Å². The Bertz CT molecular complexity index is 407. The highest BCUT2D eigenvalue weighted by atomic mass is 16.4. The molecule has 1 fully saturated rings. The van der Waals surface area contributed by atoms with Gasteiger partial charge in [0, 0.05) is 12.6 Å². The molecular weight excluding hydrogens is 238 g/mol. The lowest BCUT2D eigenvalue weighted by Crippen LogP contribution is -2.31. The molecule has 19 heavy (non-hydrogen) atoms. The summed E-state index contributed by atoms with van der Waals surface area (Å²) in [5.74, 6) is 0.0482. The summed E-state index contributed by atoms with van der Waals surface area (Å²) in [6.45, 7) is 3.14. The van der Waals surface area contributed by atoms with E-state index in [0.29, 0.717) is 6.04 Å². The molecule has 1 aromatic rings. The summed E-state index contributed by atoms with van der Waals surface area (Å²) in [5, 5.41) is 12.3. The van der Waals surface area contributed by atoms with Crippen molar-refractivity contribution >= 4 is 5.97 Å². The van der Waals surface area contributed by atoms with Crippen LogP contribution in [-0.4, -0.2) is 17.1 Å². The van der Waals surface area contributed by atoms with Crippen LogP contribution in [0.4, 0.5) is 0 Å².